The van der Waals surface area contributed by atoms with Crippen LogP contribution in [-0.2, 0) is 65.4 Å². The summed E-state index contributed by atoms with van der Waals surface area (Å²) in [7, 11) is 5.86. The van der Waals surface area contributed by atoms with Crippen LogP contribution in [-0.4, -0.2) is 138 Å². The van der Waals surface area contributed by atoms with Gasteiger partial charge in [-0.3, -0.25) is 19.2 Å². The highest BCUT2D eigenvalue weighted by Crippen LogP contribution is 2.26. The molecular weight excluding hydrogens is 869 g/mol. The fourth-order valence-electron chi connectivity index (χ4n) is 8.28. The Labute approximate surface area is 404 Å². The lowest BCUT2D eigenvalue weighted by molar-refractivity contribution is -0.174. The number of esters is 3. The maximum Gasteiger partial charge on any atom is 0.329 e. The second-order valence-electron chi connectivity index (χ2n) is 19.9. The van der Waals surface area contributed by atoms with Gasteiger partial charge in [-0.1, -0.05) is 123 Å². The van der Waals surface area contributed by atoms with Gasteiger partial charge in [0.1, 0.15) is 23.9 Å². The molecule has 1 unspecified atom stereocenters. The van der Waals surface area contributed by atoms with Crippen LogP contribution < -0.4 is 0 Å². The minimum absolute atomic E-state index is 0.000264. The Balaban J connectivity index is 2.25. The van der Waals surface area contributed by atoms with Crippen LogP contribution in [0.25, 0.3) is 0 Å². The van der Waals surface area contributed by atoms with E-state index in [2.05, 4.69) is 6.58 Å². The van der Waals surface area contributed by atoms with Crippen LogP contribution in [0.2, 0.25) is 0 Å². The molecule has 1 heterocycles. The van der Waals surface area contributed by atoms with Gasteiger partial charge in [-0.25, -0.2) is 14.4 Å². The lowest BCUT2D eigenvalue weighted by Crippen LogP contribution is -2.54. The average molecular weight is 947 g/mol. The predicted molar refractivity (Wildman–Crippen MR) is 259 cm³/mol. The smallest absolute Gasteiger partial charge is 0.329 e. The van der Waals surface area contributed by atoms with Crippen LogP contribution in [0.1, 0.15) is 106 Å². The van der Waals surface area contributed by atoms with E-state index < -0.39 is 90.1 Å². The molecule has 68 heavy (non-hydrogen) atoms. The van der Waals surface area contributed by atoms with E-state index in [0.29, 0.717) is 17.5 Å². The van der Waals surface area contributed by atoms with Crippen molar-refractivity contribution in [2.75, 3.05) is 28.2 Å². The number of carbonyl (C=O) groups is 7. The van der Waals surface area contributed by atoms with Crippen LogP contribution in [0.5, 0.6) is 0 Å². The summed E-state index contributed by atoms with van der Waals surface area (Å²) in [6.07, 6.45) is -4.64. The Morgan fingerprint density at radius 2 is 0.706 bits per heavy atom. The molecule has 0 bridgehead atoms. The molecule has 0 radical (unpaired) electrons. The molecule has 0 aromatic heterocycles. The second-order valence-corrected chi connectivity index (χ2v) is 19.9. The molecule has 0 N–H and O–H groups in total. The third kappa shape index (κ3) is 16.2. The Morgan fingerprint density at radius 1 is 0.426 bits per heavy atom. The molecule has 2 aromatic carbocycles. The lowest BCUT2D eigenvalue weighted by atomic mass is 9.99. The van der Waals surface area contributed by atoms with Crippen molar-refractivity contribution in [2.24, 2.45) is 23.7 Å². The molecule has 1 fully saturated rings. The number of ether oxygens (including phenoxy) is 4. The number of nitrogens with zero attached hydrogens (tertiary/aromatic N) is 4. The van der Waals surface area contributed by atoms with Gasteiger partial charge in [0.15, 0.2) is 24.4 Å². The summed E-state index contributed by atoms with van der Waals surface area (Å²) in [6.45, 7) is 22.3. The number of cyclic esters (lactones) is 3. The van der Waals surface area contributed by atoms with E-state index in [0.717, 1.165) is 0 Å². The van der Waals surface area contributed by atoms with E-state index in [4.69, 9.17) is 18.9 Å². The first kappa shape index (κ1) is 56.6. The molecule has 8 atom stereocenters. The second kappa shape index (κ2) is 26.1. The number of benzene rings is 2. The topological polar surface area (TPSA) is 169 Å². The Bertz CT molecular complexity index is 1860. The zero-order valence-electron chi connectivity index (χ0n) is 42.9. The minimum atomic E-state index is -1.43. The van der Waals surface area contributed by atoms with Gasteiger partial charge in [-0.15, -0.1) is 0 Å². The summed E-state index contributed by atoms with van der Waals surface area (Å²) in [5, 5.41) is 0. The molecule has 0 spiro atoms. The summed E-state index contributed by atoms with van der Waals surface area (Å²) in [5.74, 6) is -5.34. The van der Waals surface area contributed by atoms with Gasteiger partial charge in [-0.2, -0.15) is 0 Å². The Morgan fingerprint density at radius 3 is 1.04 bits per heavy atom. The monoisotopic (exact) mass is 947 g/mol. The molecule has 3 rings (SSSR count). The molecule has 1 aliphatic heterocycles. The Hall–Kier alpha value is -5.73. The van der Waals surface area contributed by atoms with E-state index in [-0.39, 0.29) is 61.5 Å². The van der Waals surface area contributed by atoms with Gasteiger partial charge in [-0.05, 0) is 74.3 Å². The first-order valence-electron chi connectivity index (χ1n) is 24.0. The largest absolute Gasteiger partial charge is 0.484 e. The highest BCUT2D eigenvalue weighted by molar-refractivity contribution is 5.93. The molecule has 15 nitrogen and oxygen atoms in total. The van der Waals surface area contributed by atoms with Gasteiger partial charge >= 0.3 is 17.9 Å². The van der Waals surface area contributed by atoms with Crippen molar-refractivity contribution in [3.8, 4) is 0 Å². The number of carbonyl (C=O) groups excluding carboxylic acids is 7. The van der Waals surface area contributed by atoms with Crippen molar-refractivity contribution >= 4 is 41.5 Å². The van der Waals surface area contributed by atoms with Crippen molar-refractivity contribution < 1.29 is 52.5 Å². The third-order valence-corrected chi connectivity index (χ3v) is 12.1. The van der Waals surface area contributed by atoms with Crippen molar-refractivity contribution in [1.82, 2.24) is 19.6 Å². The van der Waals surface area contributed by atoms with E-state index in [9.17, 15) is 33.6 Å². The van der Waals surface area contributed by atoms with Gasteiger partial charge in [0.2, 0.25) is 0 Å². The number of hydrogen-bond donors (Lipinski definition) is 0. The molecule has 4 amide bonds. The Kier molecular flexibility index (Phi) is 21.8. The summed E-state index contributed by atoms with van der Waals surface area (Å²) in [4.78, 5) is 106. The zero-order chi connectivity index (χ0) is 51.2. The van der Waals surface area contributed by atoms with Crippen LogP contribution in [0.3, 0.4) is 0 Å². The van der Waals surface area contributed by atoms with E-state index in [1.165, 1.54) is 54.6 Å². The van der Waals surface area contributed by atoms with Gasteiger partial charge in [0.05, 0.1) is 6.04 Å². The first-order valence-corrected chi connectivity index (χ1v) is 24.0. The highest BCUT2D eigenvalue weighted by Gasteiger charge is 2.42. The van der Waals surface area contributed by atoms with E-state index >= 15 is 0 Å². The number of rotatable bonds is 12. The minimum Gasteiger partial charge on any atom is -0.484 e. The van der Waals surface area contributed by atoms with Crippen molar-refractivity contribution in [3.63, 3.8) is 0 Å². The number of likely N-dealkylation sites (N-methyl/N-ethyl adjacent to an activating group) is 4. The van der Waals surface area contributed by atoms with Gasteiger partial charge in [0.25, 0.3) is 23.6 Å². The maximum atomic E-state index is 14.7. The molecule has 376 valence electrons. The van der Waals surface area contributed by atoms with Gasteiger partial charge in [0, 0.05) is 41.0 Å². The molecule has 1 aliphatic rings. The van der Waals surface area contributed by atoms with Crippen LogP contribution in [0, 0.1) is 23.7 Å². The quantitative estimate of drug-likeness (QED) is 0.165. The van der Waals surface area contributed by atoms with Crippen LogP contribution in [0.4, 0.5) is 0 Å². The first-order chi connectivity index (χ1) is 31.8. The van der Waals surface area contributed by atoms with E-state index in [1.54, 1.807) is 31.3 Å². The number of hydrogen-bond acceptors (Lipinski definition) is 11. The van der Waals surface area contributed by atoms with Crippen molar-refractivity contribution in [1.29, 1.82) is 0 Å². The van der Waals surface area contributed by atoms with Crippen LogP contribution in [0.15, 0.2) is 73.0 Å². The SMILES string of the molecule is C=C1O[C@H](C)C(=O)N(C)[C@@H](CC(C)C)C(=O)O[C@H](Cc2ccccc2)C(=O)N(C)C(CC(C)C)C(=O)O[C@H](C)C(=O)N(C)[C@@H](CC(C)C)C(=O)O[C@H](Cc2ccccc2)C(=O)N(C)[C@H]1CC(C)C. The molecule has 15 heteroatoms. The van der Waals surface area contributed by atoms with Crippen LogP contribution >= 0.6 is 0 Å². The normalized spacial score (nSPS) is 25.2. The molecule has 0 aliphatic carbocycles. The summed E-state index contributed by atoms with van der Waals surface area (Å²) >= 11 is 0. The fraction of sp³-hybridized carbons (Fsp3) is 0.604. The standard InChI is InChI=1S/C53H78N4O11/c1-32(2)26-41-36(9)65-37(10)47(58)55(13)43(28-34(5)6)52(63)68-46(31-40-24-20-17-21-25-40)50(61)57(15)42(27-33(3)4)51(62)66-38(11)48(59)56(14)44(29-35(7)8)53(64)67-45(49(60)54(41)12)30-39-22-18-16-19-23-39/h16-25,32-35,37-38,41-46H,9,26-31H2,1-8,10-15H3/t37-,38-,41+,42?,43+,44+,45-,46-/m1/s1. The predicted octanol–water partition coefficient (Wildman–Crippen LogP) is 6.65. The maximum absolute atomic E-state index is 14.7. The molecular formula is C53H78N4O11. The van der Waals surface area contributed by atoms with Crippen molar-refractivity contribution in [2.45, 2.75) is 156 Å². The van der Waals surface area contributed by atoms with Crippen molar-refractivity contribution in [3.05, 3.63) is 84.1 Å². The van der Waals surface area contributed by atoms with E-state index in [1.807, 2.05) is 91.8 Å². The third-order valence-electron chi connectivity index (χ3n) is 12.1. The lowest BCUT2D eigenvalue weighted by Gasteiger charge is -2.36. The molecule has 0 saturated carbocycles. The van der Waals surface area contributed by atoms with Gasteiger partial charge < -0.3 is 38.5 Å². The summed E-state index contributed by atoms with van der Waals surface area (Å²) in [5.41, 5.74) is 1.39. The average Bonchev–Trinajstić information content (AvgIpc) is 3.28. The fourth-order valence-corrected chi connectivity index (χ4v) is 8.28. The number of amides is 4. The summed E-state index contributed by atoms with van der Waals surface area (Å²) in [6, 6.07) is 13.7. The molecule has 2 aromatic rings. The highest BCUT2D eigenvalue weighted by atomic mass is 16.6. The molecule has 1 saturated heterocycles. The zero-order valence-corrected chi connectivity index (χ0v) is 42.9. The summed E-state index contributed by atoms with van der Waals surface area (Å²) < 4.78 is 24.4.